The molecule has 0 radical (unpaired) electrons. The molecule has 4 aromatic heterocycles. The number of aromatic nitrogens is 6. The number of hydrogen-bond donors (Lipinski definition) is 1. The second-order valence-corrected chi connectivity index (χ2v) is 5.85. The average molecular weight is 302 g/mol. The molecule has 6 nitrogen and oxygen atoms in total. The van der Waals surface area contributed by atoms with Gasteiger partial charge in [0.1, 0.15) is 12.0 Å². The third kappa shape index (κ3) is 2.11. The van der Waals surface area contributed by atoms with Gasteiger partial charge in [0, 0.05) is 35.1 Å². The van der Waals surface area contributed by atoms with E-state index in [1.54, 1.807) is 10.8 Å². The zero-order valence-electron chi connectivity index (χ0n) is 12.3. The largest absolute Gasteiger partial charge is 0.284 e. The van der Waals surface area contributed by atoms with Crippen LogP contribution in [-0.2, 0) is 0 Å². The second-order valence-electron chi connectivity index (χ2n) is 5.85. The van der Waals surface area contributed by atoms with E-state index >= 15 is 0 Å². The van der Waals surface area contributed by atoms with Gasteiger partial charge in [-0.3, -0.25) is 10.1 Å². The molecule has 4 heterocycles. The molecule has 1 aliphatic carbocycles. The fourth-order valence-corrected chi connectivity index (χ4v) is 2.87. The van der Waals surface area contributed by atoms with Crippen LogP contribution in [-0.4, -0.2) is 29.8 Å². The lowest BCUT2D eigenvalue weighted by molar-refractivity contribution is 0.963. The Balaban J connectivity index is 1.62. The molecule has 0 aromatic carbocycles. The molecule has 0 spiro atoms. The Morgan fingerprint density at radius 3 is 3.00 bits per heavy atom. The highest BCUT2D eigenvalue weighted by Crippen LogP contribution is 2.40. The molecule has 5 rings (SSSR count). The molecule has 0 atom stereocenters. The summed E-state index contributed by atoms with van der Waals surface area (Å²) in [5.41, 5.74) is 5.82. The Hall–Kier alpha value is -3.02. The van der Waals surface area contributed by atoms with Crippen molar-refractivity contribution >= 4 is 5.65 Å². The van der Waals surface area contributed by atoms with Gasteiger partial charge in [0.25, 0.3) is 0 Å². The Morgan fingerprint density at radius 2 is 2.09 bits per heavy atom. The van der Waals surface area contributed by atoms with E-state index in [4.69, 9.17) is 4.98 Å². The first-order chi connectivity index (χ1) is 11.4. The number of aromatic amines is 1. The van der Waals surface area contributed by atoms with E-state index < -0.39 is 0 Å². The highest BCUT2D eigenvalue weighted by atomic mass is 15.3. The summed E-state index contributed by atoms with van der Waals surface area (Å²) >= 11 is 0. The van der Waals surface area contributed by atoms with Crippen molar-refractivity contribution in [3.8, 4) is 22.5 Å². The first kappa shape index (κ1) is 12.5. The van der Waals surface area contributed by atoms with Gasteiger partial charge in [-0.2, -0.15) is 10.2 Å². The fourth-order valence-electron chi connectivity index (χ4n) is 2.87. The fraction of sp³-hybridized carbons (Fsp3) is 0.176. The van der Waals surface area contributed by atoms with Gasteiger partial charge >= 0.3 is 0 Å². The van der Waals surface area contributed by atoms with Gasteiger partial charge in [0.15, 0.2) is 5.65 Å². The Kier molecular flexibility index (Phi) is 2.58. The minimum absolute atomic E-state index is 0.629. The average Bonchev–Trinajstić information content (AvgIpc) is 3.14. The van der Waals surface area contributed by atoms with E-state index in [1.807, 2.05) is 30.6 Å². The van der Waals surface area contributed by atoms with Gasteiger partial charge in [-0.25, -0.2) is 9.50 Å². The molecule has 4 aromatic rings. The quantitative estimate of drug-likeness (QED) is 0.631. The maximum atomic E-state index is 4.80. The number of nitrogens with one attached hydrogen (secondary N) is 1. The first-order valence-electron chi connectivity index (χ1n) is 7.69. The van der Waals surface area contributed by atoms with Crippen LogP contribution in [0, 0.1) is 0 Å². The molecular weight excluding hydrogens is 288 g/mol. The van der Waals surface area contributed by atoms with Crippen molar-refractivity contribution in [2.24, 2.45) is 0 Å². The molecule has 0 unspecified atom stereocenters. The molecular formula is C17H14N6. The van der Waals surface area contributed by atoms with Crippen LogP contribution in [0.15, 0.2) is 49.1 Å². The van der Waals surface area contributed by atoms with Crippen molar-refractivity contribution < 1.29 is 0 Å². The number of pyridine rings is 2. The van der Waals surface area contributed by atoms with Crippen molar-refractivity contribution in [1.29, 1.82) is 0 Å². The minimum Gasteiger partial charge on any atom is -0.284 e. The van der Waals surface area contributed by atoms with Crippen LogP contribution in [0.1, 0.15) is 24.5 Å². The van der Waals surface area contributed by atoms with Gasteiger partial charge in [-0.15, -0.1) is 0 Å². The summed E-state index contributed by atoms with van der Waals surface area (Å²) in [6, 6.07) is 10.2. The normalized spacial score (nSPS) is 14.4. The molecule has 0 amide bonds. The van der Waals surface area contributed by atoms with Gasteiger partial charge in [0.2, 0.25) is 0 Å². The van der Waals surface area contributed by atoms with E-state index in [0.29, 0.717) is 5.92 Å². The highest BCUT2D eigenvalue weighted by Gasteiger charge is 2.25. The van der Waals surface area contributed by atoms with E-state index in [1.165, 1.54) is 18.5 Å². The van der Waals surface area contributed by atoms with Gasteiger partial charge in [0.05, 0.1) is 5.69 Å². The molecule has 0 bridgehead atoms. The number of nitrogens with zero attached hydrogens (tertiary/aromatic N) is 5. The van der Waals surface area contributed by atoms with Gasteiger partial charge in [-0.1, -0.05) is 6.07 Å². The van der Waals surface area contributed by atoms with Crippen molar-refractivity contribution in [2.75, 3.05) is 0 Å². The van der Waals surface area contributed by atoms with Crippen molar-refractivity contribution in [3.05, 3.63) is 54.7 Å². The summed E-state index contributed by atoms with van der Waals surface area (Å²) in [6.45, 7) is 0. The number of H-pyrrole nitrogens is 1. The van der Waals surface area contributed by atoms with Crippen LogP contribution in [0.25, 0.3) is 28.2 Å². The van der Waals surface area contributed by atoms with Gasteiger partial charge < -0.3 is 0 Å². The molecule has 112 valence electrons. The highest BCUT2D eigenvalue weighted by molar-refractivity contribution is 5.78. The summed E-state index contributed by atoms with van der Waals surface area (Å²) in [4.78, 5) is 8.97. The van der Waals surface area contributed by atoms with E-state index in [9.17, 15) is 0 Å². The Bertz CT molecular complexity index is 995. The lowest BCUT2D eigenvalue weighted by Gasteiger charge is -2.05. The zero-order chi connectivity index (χ0) is 15.2. The zero-order valence-corrected chi connectivity index (χ0v) is 12.3. The Labute approximate surface area is 132 Å². The van der Waals surface area contributed by atoms with Crippen LogP contribution in [0.5, 0.6) is 0 Å². The predicted octanol–water partition coefficient (Wildman–Crippen LogP) is 3.06. The van der Waals surface area contributed by atoms with E-state index in [2.05, 4.69) is 32.4 Å². The lowest BCUT2D eigenvalue weighted by atomic mass is 10.1. The summed E-state index contributed by atoms with van der Waals surface area (Å²) in [7, 11) is 0. The van der Waals surface area contributed by atoms with E-state index in [0.717, 1.165) is 28.2 Å². The second kappa shape index (κ2) is 4.74. The van der Waals surface area contributed by atoms with Crippen molar-refractivity contribution in [3.63, 3.8) is 0 Å². The molecule has 1 saturated carbocycles. The van der Waals surface area contributed by atoms with Crippen LogP contribution >= 0.6 is 0 Å². The Morgan fingerprint density at radius 1 is 1.13 bits per heavy atom. The third-order valence-electron chi connectivity index (χ3n) is 4.23. The minimum atomic E-state index is 0.629. The van der Waals surface area contributed by atoms with Crippen LogP contribution in [0.2, 0.25) is 0 Å². The molecule has 6 heteroatoms. The predicted molar refractivity (Wildman–Crippen MR) is 85.8 cm³/mol. The maximum Gasteiger partial charge on any atom is 0.155 e. The first-order valence-corrected chi connectivity index (χ1v) is 7.69. The topological polar surface area (TPSA) is 71.8 Å². The molecule has 1 aliphatic rings. The van der Waals surface area contributed by atoms with Crippen molar-refractivity contribution in [1.82, 2.24) is 29.8 Å². The van der Waals surface area contributed by atoms with Gasteiger partial charge in [-0.05, 0) is 37.1 Å². The molecule has 0 saturated heterocycles. The number of hydrogen-bond acceptors (Lipinski definition) is 4. The molecule has 1 N–H and O–H groups in total. The standard InChI is InChI=1S/C17H14N6/c1-2-14(11-4-5-11)21-15(3-1)17-13(8-19-22-17)12-6-7-16-18-10-20-23(16)9-12/h1-3,6-11H,4-5H2,(H,19,22). The van der Waals surface area contributed by atoms with Crippen LogP contribution in [0.4, 0.5) is 0 Å². The van der Waals surface area contributed by atoms with Crippen LogP contribution < -0.4 is 0 Å². The lowest BCUT2D eigenvalue weighted by Crippen LogP contribution is -1.93. The summed E-state index contributed by atoms with van der Waals surface area (Å²) in [5, 5.41) is 11.6. The molecule has 0 aliphatic heterocycles. The monoisotopic (exact) mass is 302 g/mol. The van der Waals surface area contributed by atoms with Crippen molar-refractivity contribution in [2.45, 2.75) is 18.8 Å². The summed E-state index contributed by atoms with van der Waals surface area (Å²) < 4.78 is 1.76. The third-order valence-corrected chi connectivity index (χ3v) is 4.23. The van der Waals surface area contributed by atoms with Crippen LogP contribution in [0.3, 0.4) is 0 Å². The maximum absolute atomic E-state index is 4.80. The smallest absolute Gasteiger partial charge is 0.155 e. The molecule has 1 fully saturated rings. The number of rotatable bonds is 3. The SMILES string of the molecule is c1cc(-c2n[nH]cc2-c2ccc3ncnn3c2)nc(C2CC2)c1. The molecule has 23 heavy (non-hydrogen) atoms. The number of fused-ring (bicyclic) bond motifs is 1. The van der Waals surface area contributed by atoms with E-state index in [-0.39, 0.29) is 0 Å². The summed E-state index contributed by atoms with van der Waals surface area (Å²) in [6.07, 6.45) is 7.90. The summed E-state index contributed by atoms with van der Waals surface area (Å²) in [5.74, 6) is 0.629.